The van der Waals surface area contributed by atoms with E-state index < -0.39 is 5.97 Å². The first-order valence-corrected chi connectivity index (χ1v) is 13.1. The van der Waals surface area contributed by atoms with Gasteiger partial charge in [0.05, 0.1) is 6.42 Å². The van der Waals surface area contributed by atoms with Gasteiger partial charge in [-0.05, 0) is 75.5 Å². The van der Waals surface area contributed by atoms with Crippen molar-refractivity contribution in [3.05, 3.63) is 82.3 Å². The number of hydrogen-bond donors (Lipinski definition) is 3. The highest BCUT2D eigenvalue weighted by Gasteiger charge is 2.15. The van der Waals surface area contributed by atoms with Crippen LogP contribution in [0.4, 0.5) is 11.4 Å². The van der Waals surface area contributed by atoms with E-state index in [-0.39, 0.29) is 18.2 Å². The van der Waals surface area contributed by atoms with Crippen molar-refractivity contribution in [2.75, 3.05) is 10.6 Å². The second-order valence-electron chi connectivity index (χ2n) is 9.15. The minimum atomic E-state index is -0.899. The van der Waals surface area contributed by atoms with Gasteiger partial charge in [-0.15, -0.1) is 11.3 Å². The fraction of sp³-hybridized carbons (Fsp3) is 0.138. The summed E-state index contributed by atoms with van der Waals surface area (Å²) in [7, 11) is 0. The van der Waals surface area contributed by atoms with Gasteiger partial charge in [-0.1, -0.05) is 23.7 Å². The number of anilines is 2. The molecule has 2 aromatic heterocycles. The number of carbonyl (C=O) groups is 3. The van der Waals surface area contributed by atoms with Crippen LogP contribution in [0.25, 0.3) is 32.1 Å². The van der Waals surface area contributed by atoms with Crippen LogP contribution in [0.3, 0.4) is 0 Å². The number of benzene rings is 3. The molecule has 5 aromatic rings. The summed E-state index contributed by atoms with van der Waals surface area (Å²) in [6.07, 6.45) is 1.80. The van der Waals surface area contributed by atoms with Crippen molar-refractivity contribution in [1.29, 1.82) is 0 Å². The number of nitrogens with one attached hydrogen (secondary N) is 2. The van der Waals surface area contributed by atoms with Gasteiger partial charge in [0.15, 0.2) is 0 Å². The van der Waals surface area contributed by atoms with Crippen LogP contribution in [0.5, 0.6) is 0 Å². The van der Waals surface area contributed by atoms with Crippen LogP contribution in [-0.4, -0.2) is 27.5 Å². The fourth-order valence-electron chi connectivity index (χ4n) is 4.69. The van der Waals surface area contributed by atoms with Crippen molar-refractivity contribution in [1.82, 2.24) is 4.57 Å². The Bertz CT molecular complexity index is 1700. The first kappa shape index (κ1) is 25.5. The van der Waals surface area contributed by atoms with E-state index >= 15 is 0 Å². The number of halogens is 1. The van der Waals surface area contributed by atoms with Crippen LogP contribution >= 0.6 is 22.9 Å². The molecule has 0 aliphatic carbocycles. The minimum absolute atomic E-state index is 0.0935. The zero-order valence-electron chi connectivity index (χ0n) is 20.7. The Morgan fingerprint density at radius 1 is 0.868 bits per heavy atom. The van der Waals surface area contributed by atoms with Gasteiger partial charge < -0.3 is 20.3 Å². The van der Waals surface area contributed by atoms with E-state index in [1.54, 1.807) is 17.4 Å². The highest BCUT2D eigenvalue weighted by atomic mass is 35.5. The molecule has 3 aromatic carbocycles. The molecule has 0 radical (unpaired) electrons. The molecule has 0 fully saturated rings. The zero-order chi connectivity index (χ0) is 27.0. The summed E-state index contributed by atoms with van der Waals surface area (Å²) >= 11 is 7.91. The molecule has 0 aliphatic rings. The van der Waals surface area contributed by atoms with Crippen molar-refractivity contribution >= 4 is 73.1 Å². The molecular weight excluding hydrogens is 522 g/mol. The van der Waals surface area contributed by atoms with Crippen molar-refractivity contribution < 1.29 is 19.5 Å². The Balaban J connectivity index is 1.63. The molecule has 7 nitrogen and oxygen atoms in total. The number of carboxylic acids is 1. The average molecular weight is 546 g/mol. The van der Waals surface area contributed by atoms with Crippen LogP contribution in [-0.2, 0) is 27.3 Å². The molecule has 2 heterocycles. The topological polar surface area (TPSA) is 100 Å². The maximum absolute atomic E-state index is 11.7. The third kappa shape index (κ3) is 5.41. The summed E-state index contributed by atoms with van der Waals surface area (Å²) in [6, 6.07) is 17.1. The fourth-order valence-corrected chi connectivity index (χ4v) is 5.79. The van der Waals surface area contributed by atoms with Gasteiger partial charge in [-0.3, -0.25) is 14.4 Å². The predicted molar refractivity (Wildman–Crippen MR) is 153 cm³/mol. The summed E-state index contributed by atoms with van der Waals surface area (Å²) in [5.41, 5.74) is 5.47. The average Bonchev–Trinajstić information content (AvgIpc) is 3.38. The van der Waals surface area contributed by atoms with Crippen LogP contribution < -0.4 is 10.6 Å². The van der Waals surface area contributed by atoms with Crippen molar-refractivity contribution in [2.24, 2.45) is 0 Å². The molecule has 0 saturated carbocycles. The summed E-state index contributed by atoms with van der Waals surface area (Å²) in [6.45, 7) is 3.40. The smallest absolute Gasteiger partial charge is 0.307 e. The van der Waals surface area contributed by atoms with E-state index in [0.717, 1.165) is 43.2 Å². The second kappa shape index (κ2) is 10.3. The van der Waals surface area contributed by atoms with E-state index in [4.69, 9.17) is 11.6 Å². The lowest BCUT2D eigenvalue weighted by Gasteiger charge is -2.12. The normalized spacial score (nSPS) is 11.1. The van der Waals surface area contributed by atoms with Crippen LogP contribution in [0.15, 0.2) is 66.2 Å². The third-order valence-corrected chi connectivity index (χ3v) is 7.42. The Labute approximate surface area is 227 Å². The van der Waals surface area contributed by atoms with Crippen LogP contribution in [0.1, 0.15) is 25.0 Å². The summed E-state index contributed by atoms with van der Waals surface area (Å²) < 4.78 is 3.19. The van der Waals surface area contributed by atoms with Gasteiger partial charge in [0.2, 0.25) is 11.8 Å². The Kier molecular flexibility index (Phi) is 6.93. The number of carboxylic acid groups (broad SMARTS) is 1. The molecule has 0 unspecified atom stereocenters. The molecular formula is C29H24ClN3O4S. The standard InChI is InChI=1S/C29H24ClN3O4S/c1-16(34)31-23-7-19(8-24(12-23)32-17(2)35)18-3-5-25-20(10-29(36)37)13-33(27(25)9-18)14-21-15-38-28-6-4-22(30)11-26(21)28/h3-9,11-13,15H,10,14H2,1-2H3,(H,31,34)(H,32,35)(H,36,37). The molecule has 0 aliphatic heterocycles. The lowest BCUT2D eigenvalue weighted by molar-refractivity contribution is -0.136. The molecule has 0 spiro atoms. The Hall–Kier alpha value is -4.14. The zero-order valence-corrected chi connectivity index (χ0v) is 22.2. The van der Waals surface area contributed by atoms with Gasteiger partial charge in [-0.2, -0.15) is 0 Å². The molecule has 0 saturated heterocycles. The Morgan fingerprint density at radius 3 is 2.24 bits per heavy atom. The number of hydrogen-bond acceptors (Lipinski definition) is 4. The summed E-state index contributed by atoms with van der Waals surface area (Å²) in [5.74, 6) is -1.34. The van der Waals surface area contributed by atoms with Gasteiger partial charge in [0.25, 0.3) is 0 Å². The number of aliphatic carboxylic acids is 1. The SMILES string of the molecule is CC(=O)Nc1cc(NC(C)=O)cc(-c2ccc3c(CC(=O)O)cn(Cc4csc5ccc(Cl)cc45)c3c2)c1. The highest BCUT2D eigenvalue weighted by molar-refractivity contribution is 7.17. The molecule has 3 N–H and O–H groups in total. The maximum atomic E-state index is 11.7. The van der Waals surface area contributed by atoms with Crippen molar-refractivity contribution in [3.8, 4) is 11.1 Å². The van der Waals surface area contributed by atoms with E-state index in [1.165, 1.54) is 13.8 Å². The summed E-state index contributed by atoms with van der Waals surface area (Å²) in [4.78, 5) is 35.0. The van der Waals surface area contributed by atoms with Crippen molar-refractivity contribution in [2.45, 2.75) is 26.8 Å². The monoisotopic (exact) mass is 545 g/mol. The number of carbonyl (C=O) groups excluding carboxylic acids is 2. The lowest BCUT2D eigenvalue weighted by Crippen LogP contribution is -2.09. The summed E-state index contributed by atoms with van der Waals surface area (Å²) in [5, 5.41) is 19.8. The van der Waals surface area contributed by atoms with Gasteiger partial charge in [0, 0.05) is 58.6 Å². The van der Waals surface area contributed by atoms with Crippen molar-refractivity contribution in [3.63, 3.8) is 0 Å². The predicted octanol–water partition coefficient (Wildman–Crippen LogP) is 6.77. The first-order valence-electron chi connectivity index (χ1n) is 11.9. The molecule has 38 heavy (non-hydrogen) atoms. The molecule has 0 atom stereocenters. The van der Waals surface area contributed by atoms with Crippen LogP contribution in [0.2, 0.25) is 5.02 Å². The molecule has 9 heteroatoms. The quantitative estimate of drug-likeness (QED) is 0.210. The third-order valence-electron chi connectivity index (χ3n) is 6.17. The number of thiophene rings is 1. The highest BCUT2D eigenvalue weighted by Crippen LogP contribution is 2.34. The number of nitrogens with zero attached hydrogens (tertiary/aromatic N) is 1. The maximum Gasteiger partial charge on any atom is 0.307 e. The van der Waals surface area contributed by atoms with E-state index in [2.05, 4.69) is 20.6 Å². The first-order chi connectivity index (χ1) is 18.2. The molecule has 5 rings (SSSR count). The number of aromatic nitrogens is 1. The number of rotatable bonds is 7. The largest absolute Gasteiger partial charge is 0.481 e. The number of amides is 2. The second-order valence-corrected chi connectivity index (χ2v) is 10.5. The minimum Gasteiger partial charge on any atom is -0.481 e. The van der Waals surface area contributed by atoms with E-state index in [0.29, 0.717) is 22.9 Å². The number of fused-ring (bicyclic) bond motifs is 2. The van der Waals surface area contributed by atoms with Gasteiger partial charge >= 0.3 is 5.97 Å². The lowest BCUT2D eigenvalue weighted by atomic mass is 10.0. The molecule has 2 amide bonds. The van der Waals surface area contributed by atoms with E-state index in [1.807, 2.05) is 54.7 Å². The van der Waals surface area contributed by atoms with Gasteiger partial charge in [-0.25, -0.2) is 0 Å². The van der Waals surface area contributed by atoms with Gasteiger partial charge in [0.1, 0.15) is 0 Å². The Morgan fingerprint density at radius 2 is 1.58 bits per heavy atom. The molecule has 192 valence electrons. The molecule has 0 bridgehead atoms. The van der Waals surface area contributed by atoms with E-state index in [9.17, 15) is 19.5 Å². The van der Waals surface area contributed by atoms with Crippen LogP contribution in [0, 0.1) is 0 Å².